The van der Waals surface area contributed by atoms with E-state index in [9.17, 15) is 8.42 Å². The van der Waals surface area contributed by atoms with Crippen molar-refractivity contribution in [1.82, 2.24) is 4.31 Å². The largest absolute Gasteiger partial charge is 0.214 e. The molecule has 0 radical (unpaired) electrons. The molecule has 1 aliphatic heterocycles. The minimum absolute atomic E-state index is 0.00108. The van der Waals surface area contributed by atoms with E-state index in [-0.39, 0.29) is 11.8 Å². The number of halogens is 1. The highest BCUT2D eigenvalue weighted by atomic mass is 35.5. The maximum absolute atomic E-state index is 12.1. The Balaban J connectivity index is 2.68. The molecule has 0 bridgehead atoms. The van der Waals surface area contributed by atoms with Gasteiger partial charge in [0.15, 0.2) is 0 Å². The predicted octanol–water partition coefficient (Wildman–Crippen LogP) is 2.31. The first-order valence-corrected chi connectivity index (χ1v) is 8.08. The molecule has 2 unspecified atom stereocenters. The van der Waals surface area contributed by atoms with Crippen LogP contribution < -0.4 is 0 Å². The quantitative estimate of drug-likeness (QED) is 0.717. The molecule has 1 saturated heterocycles. The molecule has 96 valence electrons. The van der Waals surface area contributed by atoms with Crippen molar-refractivity contribution in [3.05, 3.63) is 0 Å². The fourth-order valence-corrected chi connectivity index (χ4v) is 4.68. The summed E-state index contributed by atoms with van der Waals surface area (Å²) in [5, 5.41) is 0. The molecule has 0 N–H and O–H groups in total. The van der Waals surface area contributed by atoms with Gasteiger partial charge in [0.25, 0.3) is 0 Å². The lowest BCUT2D eigenvalue weighted by Gasteiger charge is -2.24. The third-order valence-corrected chi connectivity index (χ3v) is 5.54. The molecule has 5 heteroatoms. The number of alkyl halides is 1. The van der Waals surface area contributed by atoms with Crippen molar-refractivity contribution in [2.75, 3.05) is 18.2 Å². The van der Waals surface area contributed by atoms with E-state index in [1.54, 1.807) is 4.31 Å². The predicted molar refractivity (Wildman–Crippen MR) is 68.2 cm³/mol. The van der Waals surface area contributed by atoms with E-state index in [4.69, 9.17) is 11.6 Å². The first-order valence-electron chi connectivity index (χ1n) is 5.94. The normalized spacial score (nSPS) is 27.8. The molecule has 0 spiro atoms. The maximum atomic E-state index is 12.1. The third-order valence-electron chi connectivity index (χ3n) is 3.30. The Kier molecular flexibility index (Phi) is 5.08. The van der Waals surface area contributed by atoms with Crippen molar-refractivity contribution in [2.24, 2.45) is 11.8 Å². The minimum Gasteiger partial charge on any atom is -0.212 e. The summed E-state index contributed by atoms with van der Waals surface area (Å²) in [6.07, 6.45) is 1.65. The molecule has 0 aliphatic carbocycles. The van der Waals surface area contributed by atoms with Gasteiger partial charge in [-0.2, -0.15) is 4.31 Å². The summed E-state index contributed by atoms with van der Waals surface area (Å²) in [6, 6.07) is -0.00108. The third kappa shape index (κ3) is 3.34. The first kappa shape index (κ1) is 14.3. The molecular weight excluding hydrogens is 246 g/mol. The van der Waals surface area contributed by atoms with Crippen molar-refractivity contribution in [3.8, 4) is 0 Å². The van der Waals surface area contributed by atoms with Gasteiger partial charge in [-0.3, -0.25) is 0 Å². The highest BCUT2D eigenvalue weighted by molar-refractivity contribution is 7.89. The van der Waals surface area contributed by atoms with Crippen molar-refractivity contribution < 1.29 is 8.42 Å². The standard InChI is InChI=1S/C11H22ClNO2S/c1-9(2)5-7-16(14,15)13-6-4-10(3)11(13)8-12/h9-11H,4-8H2,1-3H3. The second-order valence-electron chi connectivity index (χ2n) is 5.10. The van der Waals surface area contributed by atoms with Gasteiger partial charge >= 0.3 is 0 Å². The van der Waals surface area contributed by atoms with Gasteiger partial charge in [-0.15, -0.1) is 11.6 Å². The van der Waals surface area contributed by atoms with Crippen molar-refractivity contribution >= 4 is 21.6 Å². The fourth-order valence-electron chi connectivity index (χ4n) is 2.05. The topological polar surface area (TPSA) is 37.4 Å². The van der Waals surface area contributed by atoms with Crippen LogP contribution in [0.2, 0.25) is 0 Å². The van der Waals surface area contributed by atoms with E-state index >= 15 is 0 Å². The molecule has 1 rings (SSSR count). The molecule has 0 aromatic carbocycles. The van der Waals surface area contributed by atoms with Crippen molar-refractivity contribution in [2.45, 2.75) is 39.7 Å². The Hall–Kier alpha value is 0.200. The molecule has 0 saturated carbocycles. The number of sulfonamides is 1. The summed E-state index contributed by atoms with van der Waals surface area (Å²) < 4.78 is 25.9. The highest BCUT2D eigenvalue weighted by Crippen LogP contribution is 2.28. The van der Waals surface area contributed by atoms with E-state index in [0.717, 1.165) is 12.8 Å². The van der Waals surface area contributed by atoms with Gasteiger partial charge in [0, 0.05) is 18.5 Å². The Morgan fingerprint density at radius 2 is 2.06 bits per heavy atom. The summed E-state index contributed by atoms with van der Waals surface area (Å²) in [6.45, 7) is 6.80. The SMILES string of the molecule is CC(C)CCS(=O)(=O)N1CCC(C)C1CCl. The van der Waals surface area contributed by atoms with E-state index < -0.39 is 10.0 Å². The number of hydrogen-bond donors (Lipinski definition) is 0. The molecule has 3 nitrogen and oxygen atoms in total. The van der Waals surface area contributed by atoms with Crippen LogP contribution in [0.3, 0.4) is 0 Å². The van der Waals surface area contributed by atoms with E-state index in [1.165, 1.54) is 0 Å². The Bertz CT molecular complexity index is 316. The van der Waals surface area contributed by atoms with Crippen LogP contribution in [-0.2, 0) is 10.0 Å². The molecule has 16 heavy (non-hydrogen) atoms. The number of rotatable bonds is 5. The lowest BCUT2D eigenvalue weighted by atomic mass is 10.1. The fraction of sp³-hybridized carbons (Fsp3) is 1.00. The average molecular weight is 268 g/mol. The number of nitrogens with zero attached hydrogens (tertiary/aromatic N) is 1. The highest BCUT2D eigenvalue weighted by Gasteiger charge is 2.37. The first-order chi connectivity index (χ1) is 7.38. The number of hydrogen-bond acceptors (Lipinski definition) is 2. The Morgan fingerprint density at radius 3 is 2.56 bits per heavy atom. The van der Waals surface area contributed by atoms with Crippen LogP contribution in [0.5, 0.6) is 0 Å². The summed E-state index contributed by atoms with van der Waals surface area (Å²) in [5.41, 5.74) is 0. The molecule has 2 atom stereocenters. The maximum Gasteiger partial charge on any atom is 0.214 e. The van der Waals surface area contributed by atoms with Crippen LogP contribution >= 0.6 is 11.6 Å². The second-order valence-corrected chi connectivity index (χ2v) is 7.45. The summed E-state index contributed by atoms with van der Waals surface area (Å²) in [4.78, 5) is 0. The van der Waals surface area contributed by atoms with Crippen LogP contribution in [0.15, 0.2) is 0 Å². The zero-order valence-electron chi connectivity index (χ0n) is 10.3. The van der Waals surface area contributed by atoms with Gasteiger partial charge in [0.2, 0.25) is 10.0 Å². The monoisotopic (exact) mass is 267 g/mol. The Labute approximate surface area is 104 Å². The average Bonchev–Trinajstić information content (AvgIpc) is 2.57. The van der Waals surface area contributed by atoms with Crippen LogP contribution in [0.4, 0.5) is 0 Å². The van der Waals surface area contributed by atoms with Crippen LogP contribution in [0, 0.1) is 11.8 Å². The summed E-state index contributed by atoms with van der Waals surface area (Å²) in [5.74, 6) is 1.46. The molecule has 1 heterocycles. The molecule has 1 fully saturated rings. The van der Waals surface area contributed by atoms with E-state index in [2.05, 4.69) is 6.92 Å². The molecule has 0 amide bonds. The van der Waals surface area contributed by atoms with Gasteiger partial charge < -0.3 is 0 Å². The van der Waals surface area contributed by atoms with Crippen LogP contribution in [0.25, 0.3) is 0 Å². The van der Waals surface area contributed by atoms with Gasteiger partial charge in [0.05, 0.1) is 5.75 Å². The van der Waals surface area contributed by atoms with Gasteiger partial charge in [0.1, 0.15) is 0 Å². The molecule has 0 aromatic heterocycles. The lowest BCUT2D eigenvalue weighted by molar-refractivity contribution is 0.373. The second kappa shape index (κ2) is 5.69. The molecule has 0 aromatic rings. The summed E-state index contributed by atoms with van der Waals surface area (Å²) in [7, 11) is -3.10. The van der Waals surface area contributed by atoms with Crippen molar-refractivity contribution in [1.29, 1.82) is 0 Å². The van der Waals surface area contributed by atoms with E-state index in [0.29, 0.717) is 24.3 Å². The van der Waals surface area contributed by atoms with Crippen LogP contribution in [0.1, 0.15) is 33.6 Å². The smallest absolute Gasteiger partial charge is 0.212 e. The zero-order chi connectivity index (χ0) is 12.3. The summed E-state index contributed by atoms with van der Waals surface area (Å²) >= 11 is 5.86. The lowest BCUT2D eigenvalue weighted by Crippen LogP contribution is -2.40. The van der Waals surface area contributed by atoms with Crippen LogP contribution in [-0.4, -0.2) is 36.9 Å². The van der Waals surface area contributed by atoms with Gasteiger partial charge in [-0.25, -0.2) is 8.42 Å². The molecule has 1 aliphatic rings. The minimum atomic E-state index is -3.10. The zero-order valence-corrected chi connectivity index (χ0v) is 11.9. The van der Waals surface area contributed by atoms with E-state index in [1.807, 2.05) is 13.8 Å². The van der Waals surface area contributed by atoms with Gasteiger partial charge in [-0.05, 0) is 24.7 Å². The van der Waals surface area contributed by atoms with Gasteiger partial charge in [-0.1, -0.05) is 20.8 Å². The Morgan fingerprint density at radius 1 is 1.44 bits per heavy atom. The molecular formula is C11H22ClNO2S. The van der Waals surface area contributed by atoms with Crippen molar-refractivity contribution in [3.63, 3.8) is 0 Å².